The average Bonchev–Trinajstić information content (AvgIpc) is 2.47. The summed E-state index contributed by atoms with van der Waals surface area (Å²) in [4.78, 5) is 13.1. The lowest BCUT2D eigenvalue weighted by Gasteiger charge is -2.26. The Morgan fingerprint density at radius 1 is 1.33 bits per heavy atom. The van der Waals surface area contributed by atoms with Gasteiger partial charge in [0.25, 0.3) is 0 Å². The second-order valence-electron chi connectivity index (χ2n) is 5.11. The summed E-state index contributed by atoms with van der Waals surface area (Å²) in [5, 5.41) is 0. The summed E-state index contributed by atoms with van der Waals surface area (Å²) in [5.74, 6) is -0.314. The number of benzene rings is 1. The van der Waals surface area contributed by atoms with Crippen molar-refractivity contribution in [2.75, 3.05) is 39.5 Å². The van der Waals surface area contributed by atoms with E-state index in [1.165, 1.54) is 29.2 Å². The highest BCUT2D eigenvalue weighted by molar-refractivity contribution is 5.71. The first-order chi connectivity index (χ1) is 10.1. The van der Waals surface area contributed by atoms with Crippen molar-refractivity contribution in [1.82, 2.24) is 0 Å². The summed E-state index contributed by atoms with van der Waals surface area (Å²) in [6.45, 7) is 5.85. The zero-order valence-corrected chi connectivity index (χ0v) is 12.1. The van der Waals surface area contributed by atoms with Crippen molar-refractivity contribution in [2.24, 2.45) is 0 Å². The van der Waals surface area contributed by atoms with Gasteiger partial charge in [0, 0.05) is 0 Å². The van der Waals surface area contributed by atoms with E-state index >= 15 is 0 Å². The van der Waals surface area contributed by atoms with Crippen LogP contribution in [0.15, 0.2) is 24.3 Å². The van der Waals surface area contributed by atoms with Crippen LogP contribution >= 0.6 is 0 Å². The summed E-state index contributed by atoms with van der Waals surface area (Å²) < 4.78 is 28.5. The molecule has 0 bridgehead atoms. The summed E-state index contributed by atoms with van der Waals surface area (Å²) >= 11 is 0. The zero-order chi connectivity index (χ0) is 15.1. The molecule has 6 heteroatoms. The van der Waals surface area contributed by atoms with E-state index < -0.39 is 5.97 Å². The highest BCUT2D eigenvalue weighted by Crippen LogP contribution is 2.10. The van der Waals surface area contributed by atoms with Gasteiger partial charge in [-0.05, 0) is 31.2 Å². The fourth-order valence-electron chi connectivity index (χ4n) is 2.24. The van der Waals surface area contributed by atoms with Crippen molar-refractivity contribution in [1.29, 1.82) is 0 Å². The van der Waals surface area contributed by atoms with Crippen LogP contribution in [0.1, 0.15) is 6.92 Å². The lowest BCUT2D eigenvalue weighted by molar-refractivity contribution is -0.910. The molecule has 1 heterocycles. The minimum atomic E-state index is -0.417. The Morgan fingerprint density at radius 3 is 2.67 bits per heavy atom. The van der Waals surface area contributed by atoms with Crippen LogP contribution in [0, 0.1) is 5.82 Å². The van der Waals surface area contributed by atoms with Gasteiger partial charge in [-0.3, -0.25) is 0 Å². The molecule has 0 unspecified atom stereocenters. The lowest BCUT2D eigenvalue weighted by atomic mass is 10.3. The number of ether oxygens (including phenoxy) is 3. The highest BCUT2D eigenvalue weighted by atomic mass is 19.1. The first kappa shape index (κ1) is 15.7. The van der Waals surface area contributed by atoms with Gasteiger partial charge in [-0.15, -0.1) is 0 Å². The van der Waals surface area contributed by atoms with Crippen LogP contribution in [0.5, 0.6) is 5.75 Å². The molecular formula is C15H21FNO4+. The molecule has 0 amide bonds. The molecule has 1 atom stereocenters. The Balaban J connectivity index is 1.67. The predicted molar refractivity (Wildman–Crippen MR) is 73.8 cm³/mol. The molecule has 0 radical (unpaired) electrons. The molecule has 1 saturated heterocycles. The number of nitrogens with one attached hydrogen (secondary N) is 1. The lowest BCUT2D eigenvalue weighted by Crippen LogP contribution is -3.15. The van der Waals surface area contributed by atoms with E-state index in [1.807, 2.05) is 6.92 Å². The van der Waals surface area contributed by atoms with Crippen molar-refractivity contribution >= 4 is 5.97 Å². The van der Waals surface area contributed by atoms with Gasteiger partial charge in [0.2, 0.25) is 0 Å². The van der Waals surface area contributed by atoms with Crippen molar-refractivity contribution in [3.63, 3.8) is 0 Å². The minimum Gasteiger partial charge on any atom is -0.482 e. The monoisotopic (exact) mass is 298 g/mol. The first-order valence-corrected chi connectivity index (χ1v) is 7.12. The van der Waals surface area contributed by atoms with Crippen molar-refractivity contribution in [2.45, 2.75) is 13.0 Å². The van der Waals surface area contributed by atoms with Gasteiger partial charge in [-0.25, -0.2) is 9.18 Å². The van der Waals surface area contributed by atoms with Crippen molar-refractivity contribution in [3.8, 4) is 5.75 Å². The second-order valence-corrected chi connectivity index (χ2v) is 5.11. The minimum absolute atomic E-state index is 0.164. The van der Waals surface area contributed by atoms with Crippen LogP contribution in [0.25, 0.3) is 0 Å². The zero-order valence-electron chi connectivity index (χ0n) is 12.1. The van der Waals surface area contributed by atoms with Crippen molar-refractivity contribution < 1.29 is 28.3 Å². The third-order valence-corrected chi connectivity index (χ3v) is 3.28. The molecule has 0 saturated carbocycles. The Hall–Kier alpha value is -1.66. The average molecular weight is 298 g/mol. The Morgan fingerprint density at radius 2 is 2.00 bits per heavy atom. The molecule has 116 valence electrons. The van der Waals surface area contributed by atoms with E-state index in [4.69, 9.17) is 14.2 Å². The molecular weight excluding hydrogens is 277 g/mol. The van der Waals surface area contributed by atoms with E-state index in [0.717, 1.165) is 32.8 Å². The van der Waals surface area contributed by atoms with E-state index in [9.17, 15) is 9.18 Å². The molecule has 1 aromatic rings. The van der Waals surface area contributed by atoms with Crippen molar-refractivity contribution in [3.05, 3.63) is 30.1 Å². The SMILES string of the molecule is C[C@H](C[NH+]1CCOCC1)OC(=O)COc1ccc(F)cc1. The van der Waals surface area contributed by atoms with Gasteiger partial charge in [0.05, 0.1) is 13.2 Å². The largest absolute Gasteiger partial charge is 0.482 e. The van der Waals surface area contributed by atoms with Gasteiger partial charge >= 0.3 is 5.97 Å². The van der Waals surface area contributed by atoms with Gasteiger partial charge in [-0.1, -0.05) is 0 Å². The highest BCUT2D eigenvalue weighted by Gasteiger charge is 2.19. The number of hydrogen-bond acceptors (Lipinski definition) is 4. The summed E-state index contributed by atoms with van der Waals surface area (Å²) in [6.07, 6.45) is -0.164. The number of carbonyl (C=O) groups is 1. The number of halogens is 1. The van der Waals surface area contributed by atoms with Gasteiger partial charge in [-0.2, -0.15) is 0 Å². The van der Waals surface area contributed by atoms with Gasteiger partial charge < -0.3 is 19.1 Å². The Labute approximate surface area is 123 Å². The maximum absolute atomic E-state index is 12.7. The molecule has 0 aromatic heterocycles. The predicted octanol–water partition coefficient (Wildman–Crippen LogP) is 0.0513. The Kier molecular flexibility index (Phi) is 5.95. The fraction of sp³-hybridized carbons (Fsp3) is 0.533. The second kappa shape index (κ2) is 7.95. The molecule has 0 aliphatic carbocycles. The molecule has 1 N–H and O–H groups in total. The number of quaternary nitrogens is 1. The fourth-order valence-corrected chi connectivity index (χ4v) is 2.24. The normalized spacial score (nSPS) is 17.2. The molecule has 1 aliphatic heterocycles. The van der Waals surface area contributed by atoms with Crippen LogP contribution in [-0.2, 0) is 14.3 Å². The van der Waals surface area contributed by atoms with E-state index in [2.05, 4.69) is 0 Å². The Bertz CT molecular complexity index is 445. The van der Waals surface area contributed by atoms with Crippen LogP contribution in [0.4, 0.5) is 4.39 Å². The van der Waals surface area contributed by atoms with Gasteiger partial charge in [0.1, 0.15) is 37.3 Å². The third kappa shape index (κ3) is 5.69. The quantitative estimate of drug-likeness (QED) is 0.754. The number of hydrogen-bond donors (Lipinski definition) is 1. The smallest absolute Gasteiger partial charge is 0.344 e. The van der Waals surface area contributed by atoms with Crippen LogP contribution in [0.3, 0.4) is 0 Å². The first-order valence-electron chi connectivity index (χ1n) is 7.12. The van der Waals surface area contributed by atoms with Gasteiger partial charge in [0.15, 0.2) is 6.61 Å². The molecule has 1 aliphatic rings. The number of esters is 1. The number of carbonyl (C=O) groups excluding carboxylic acids is 1. The van der Waals surface area contributed by atoms with Crippen LogP contribution < -0.4 is 9.64 Å². The van der Waals surface area contributed by atoms with Crippen LogP contribution in [0.2, 0.25) is 0 Å². The summed E-state index contributed by atoms with van der Waals surface area (Å²) in [7, 11) is 0. The molecule has 0 spiro atoms. The third-order valence-electron chi connectivity index (χ3n) is 3.28. The number of morpholine rings is 1. The molecule has 21 heavy (non-hydrogen) atoms. The maximum Gasteiger partial charge on any atom is 0.344 e. The number of rotatable bonds is 6. The topological polar surface area (TPSA) is 49.2 Å². The maximum atomic E-state index is 12.7. The molecule has 2 rings (SSSR count). The molecule has 1 aromatic carbocycles. The van der Waals surface area contributed by atoms with E-state index in [1.54, 1.807) is 0 Å². The van der Waals surface area contributed by atoms with Crippen LogP contribution in [-0.4, -0.2) is 51.5 Å². The van der Waals surface area contributed by atoms with E-state index in [0.29, 0.717) is 5.75 Å². The summed E-state index contributed by atoms with van der Waals surface area (Å²) in [5.41, 5.74) is 0. The molecule has 1 fully saturated rings. The molecule has 5 nitrogen and oxygen atoms in total. The van der Waals surface area contributed by atoms with E-state index in [-0.39, 0.29) is 18.5 Å². The summed E-state index contributed by atoms with van der Waals surface area (Å²) in [6, 6.07) is 5.52. The standard InChI is InChI=1S/C15H20FNO4/c1-12(10-17-6-8-19-9-7-17)21-15(18)11-20-14-4-2-13(16)3-5-14/h2-5,12H,6-11H2,1H3/p+1/t12-/m1/s1.